The normalized spacial score (nSPS) is 23.0. The van der Waals surface area contributed by atoms with E-state index in [2.05, 4.69) is 4.72 Å². The Labute approximate surface area is 96.1 Å². The number of nitrogens with one attached hydrogen (secondary N) is 1. The van der Waals surface area contributed by atoms with Crippen LogP contribution in [0.1, 0.15) is 19.8 Å². The highest BCUT2D eigenvalue weighted by molar-refractivity contribution is 7.87. The molecule has 0 radical (unpaired) electrons. The van der Waals surface area contributed by atoms with Gasteiger partial charge in [-0.2, -0.15) is 12.7 Å². The van der Waals surface area contributed by atoms with E-state index < -0.39 is 10.2 Å². The van der Waals surface area contributed by atoms with E-state index in [1.54, 1.807) is 6.92 Å². The molecule has 1 aliphatic heterocycles. The molecule has 1 atom stereocenters. The van der Waals surface area contributed by atoms with Gasteiger partial charge in [0.25, 0.3) is 10.2 Å². The van der Waals surface area contributed by atoms with Crippen molar-refractivity contribution in [3.8, 4) is 0 Å². The van der Waals surface area contributed by atoms with E-state index in [1.165, 1.54) is 11.4 Å². The maximum absolute atomic E-state index is 11.5. The Morgan fingerprint density at radius 3 is 2.81 bits per heavy atom. The first-order valence-electron chi connectivity index (χ1n) is 5.36. The zero-order valence-electron chi connectivity index (χ0n) is 9.60. The van der Waals surface area contributed by atoms with Crippen LogP contribution in [0.15, 0.2) is 0 Å². The number of hydrogen-bond donors (Lipinski definition) is 1. The van der Waals surface area contributed by atoms with Crippen molar-refractivity contribution in [1.82, 2.24) is 9.03 Å². The Balaban J connectivity index is 2.64. The van der Waals surface area contributed by atoms with Crippen molar-refractivity contribution in [2.75, 3.05) is 26.7 Å². The first kappa shape index (κ1) is 13.4. The first-order valence-corrected chi connectivity index (χ1v) is 6.80. The Hall–Kier alpha value is -0.660. The molecule has 1 heterocycles. The van der Waals surface area contributed by atoms with E-state index in [0.29, 0.717) is 26.0 Å². The highest BCUT2D eigenvalue weighted by atomic mass is 32.2. The SMILES string of the molecule is CCOC(=O)[C@@H]1CCCN(S(=O)(=O)NC)C1. The summed E-state index contributed by atoms with van der Waals surface area (Å²) in [4.78, 5) is 11.5. The van der Waals surface area contributed by atoms with Gasteiger partial charge in [-0.1, -0.05) is 0 Å². The van der Waals surface area contributed by atoms with Crippen LogP contribution < -0.4 is 4.72 Å². The molecule has 1 fully saturated rings. The Morgan fingerprint density at radius 2 is 2.25 bits per heavy atom. The van der Waals surface area contributed by atoms with Gasteiger partial charge in [0.15, 0.2) is 0 Å². The molecule has 0 aromatic heterocycles. The highest BCUT2D eigenvalue weighted by Gasteiger charge is 2.32. The minimum absolute atomic E-state index is 0.210. The second-order valence-electron chi connectivity index (χ2n) is 3.66. The average Bonchev–Trinajstić information content (AvgIpc) is 2.29. The highest BCUT2D eigenvalue weighted by Crippen LogP contribution is 2.19. The number of ether oxygens (including phenoxy) is 1. The Kier molecular flexibility index (Phi) is 4.69. The number of nitrogens with zero attached hydrogens (tertiary/aromatic N) is 1. The third-order valence-electron chi connectivity index (χ3n) is 2.60. The van der Waals surface area contributed by atoms with Gasteiger partial charge in [0, 0.05) is 20.1 Å². The molecule has 0 aromatic carbocycles. The van der Waals surface area contributed by atoms with Gasteiger partial charge in [0.05, 0.1) is 12.5 Å². The number of esters is 1. The molecular formula is C9H18N2O4S. The van der Waals surface area contributed by atoms with E-state index in [9.17, 15) is 13.2 Å². The molecule has 0 amide bonds. The van der Waals surface area contributed by atoms with Gasteiger partial charge in [-0.15, -0.1) is 0 Å². The van der Waals surface area contributed by atoms with Crippen LogP contribution in [0.3, 0.4) is 0 Å². The summed E-state index contributed by atoms with van der Waals surface area (Å²) in [6.45, 7) is 2.73. The smallest absolute Gasteiger partial charge is 0.310 e. The molecule has 0 saturated carbocycles. The lowest BCUT2D eigenvalue weighted by atomic mass is 10.0. The summed E-state index contributed by atoms with van der Waals surface area (Å²) in [5, 5.41) is 0. The standard InChI is InChI=1S/C9H18N2O4S/c1-3-15-9(12)8-5-4-6-11(7-8)16(13,14)10-2/h8,10H,3-7H2,1-2H3/t8-/m1/s1. The van der Waals surface area contributed by atoms with E-state index in [-0.39, 0.29) is 18.4 Å². The first-order chi connectivity index (χ1) is 7.51. The summed E-state index contributed by atoms with van der Waals surface area (Å²) in [6.07, 6.45) is 1.37. The largest absolute Gasteiger partial charge is 0.466 e. The molecule has 1 rings (SSSR count). The predicted molar refractivity (Wildman–Crippen MR) is 58.9 cm³/mol. The zero-order chi connectivity index (χ0) is 12.2. The molecule has 0 bridgehead atoms. The molecule has 0 aliphatic carbocycles. The van der Waals surface area contributed by atoms with Crippen LogP contribution in [0.5, 0.6) is 0 Å². The summed E-state index contributed by atoms with van der Waals surface area (Å²) in [5.74, 6) is -0.643. The molecule has 0 spiro atoms. The predicted octanol–water partition coefficient (Wildman–Crippen LogP) is -0.274. The Morgan fingerprint density at radius 1 is 1.56 bits per heavy atom. The molecule has 16 heavy (non-hydrogen) atoms. The molecule has 1 aliphatic rings. The minimum Gasteiger partial charge on any atom is -0.466 e. The van der Waals surface area contributed by atoms with Crippen LogP contribution in [0.4, 0.5) is 0 Å². The van der Waals surface area contributed by atoms with Crippen molar-refractivity contribution in [2.45, 2.75) is 19.8 Å². The fraction of sp³-hybridized carbons (Fsp3) is 0.889. The van der Waals surface area contributed by atoms with Crippen molar-refractivity contribution in [3.63, 3.8) is 0 Å². The minimum atomic E-state index is -3.43. The fourth-order valence-corrected chi connectivity index (χ4v) is 2.75. The average molecular weight is 250 g/mol. The molecular weight excluding hydrogens is 232 g/mol. The van der Waals surface area contributed by atoms with Crippen molar-refractivity contribution >= 4 is 16.2 Å². The van der Waals surface area contributed by atoms with Gasteiger partial charge in [0.1, 0.15) is 0 Å². The second-order valence-corrected chi connectivity index (χ2v) is 5.53. The maximum atomic E-state index is 11.5. The molecule has 0 unspecified atom stereocenters. The van der Waals surface area contributed by atoms with Crippen molar-refractivity contribution in [3.05, 3.63) is 0 Å². The molecule has 1 saturated heterocycles. The van der Waals surface area contributed by atoms with Gasteiger partial charge in [-0.25, -0.2) is 4.72 Å². The number of carbonyl (C=O) groups is 1. The van der Waals surface area contributed by atoms with Crippen molar-refractivity contribution in [2.24, 2.45) is 5.92 Å². The number of carbonyl (C=O) groups excluding carboxylic acids is 1. The van der Waals surface area contributed by atoms with Gasteiger partial charge in [-0.05, 0) is 19.8 Å². The Bertz CT molecular complexity index is 341. The topological polar surface area (TPSA) is 75.7 Å². The van der Waals surface area contributed by atoms with E-state index >= 15 is 0 Å². The summed E-state index contributed by atoms with van der Waals surface area (Å²) in [5.41, 5.74) is 0. The van der Waals surface area contributed by atoms with Gasteiger partial charge < -0.3 is 4.74 Å². The lowest BCUT2D eigenvalue weighted by Gasteiger charge is -2.30. The lowest BCUT2D eigenvalue weighted by Crippen LogP contribution is -2.46. The molecule has 6 nitrogen and oxygen atoms in total. The summed E-state index contributed by atoms with van der Waals surface area (Å²) in [7, 11) is -2.06. The monoisotopic (exact) mass is 250 g/mol. The van der Waals surface area contributed by atoms with Crippen molar-refractivity contribution < 1.29 is 17.9 Å². The number of piperidine rings is 1. The number of rotatable bonds is 4. The van der Waals surface area contributed by atoms with Crippen LogP contribution in [-0.4, -0.2) is 45.4 Å². The quantitative estimate of drug-likeness (QED) is 0.697. The van der Waals surface area contributed by atoms with Gasteiger partial charge in [-0.3, -0.25) is 4.79 Å². The van der Waals surface area contributed by atoms with Crippen molar-refractivity contribution in [1.29, 1.82) is 0 Å². The maximum Gasteiger partial charge on any atom is 0.310 e. The summed E-state index contributed by atoms with van der Waals surface area (Å²) in [6, 6.07) is 0. The van der Waals surface area contributed by atoms with Crippen LogP contribution in [0, 0.1) is 5.92 Å². The second kappa shape index (κ2) is 5.60. The molecule has 94 valence electrons. The molecule has 1 N–H and O–H groups in total. The lowest BCUT2D eigenvalue weighted by molar-refractivity contribution is -0.149. The van der Waals surface area contributed by atoms with E-state index in [1.807, 2.05) is 0 Å². The summed E-state index contributed by atoms with van der Waals surface area (Å²) < 4.78 is 31.5. The van der Waals surface area contributed by atoms with Crippen LogP contribution in [-0.2, 0) is 19.7 Å². The van der Waals surface area contributed by atoms with Gasteiger partial charge in [0.2, 0.25) is 0 Å². The third-order valence-corrected chi connectivity index (χ3v) is 4.13. The van der Waals surface area contributed by atoms with E-state index in [4.69, 9.17) is 4.74 Å². The third kappa shape index (κ3) is 3.16. The van der Waals surface area contributed by atoms with Crippen LogP contribution in [0.2, 0.25) is 0 Å². The summed E-state index contributed by atoms with van der Waals surface area (Å²) >= 11 is 0. The fourth-order valence-electron chi connectivity index (χ4n) is 1.74. The molecule has 0 aromatic rings. The van der Waals surface area contributed by atoms with E-state index in [0.717, 1.165) is 0 Å². The van der Waals surface area contributed by atoms with Crippen LogP contribution >= 0.6 is 0 Å². The molecule has 7 heteroatoms. The number of hydrogen-bond acceptors (Lipinski definition) is 4. The van der Waals surface area contributed by atoms with Gasteiger partial charge >= 0.3 is 5.97 Å². The zero-order valence-corrected chi connectivity index (χ0v) is 10.4. The van der Waals surface area contributed by atoms with Crippen LogP contribution in [0.25, 0.3) is 0 Å².